The van der Waals surface area contributed by atoms with Crippen molar-refractivity contribution >= 4 is 57.6 Å². The molecule has 4 aromatic rings. The van der Waals surface area contributed by atoms with Crippen LogP contribution in [-0.4, -0.2) is 64.5 Å². The molecule has 1 fully saturated rings. The number of nitrogens with zero attached hydrogens (tertiary/aromatic N) is 3. The van der Waals surface area contributed by atoms with Crippen LogP contribution in [0, 0.1) is 0 Å². The molecule has 0 aliphatic carbocycles. The summed E-state index contributed by atoms with van der Waals surface area (Å²) in [5.41, 5.74) is 7.33. The highest BCUT2D eigenvalue weighted by Gasteiger charge is 2.29. The van der Waals surface area contributed by atoms with Gasteiger partial charge in [0.25, 0.3) is 5.91 Å². The number of rotatable bonds is 8. The molecule has 2 amide bonds. The van der Waals surface area contributed by atoms with Crippen LogP contribution < -0.4 is 15.2 Å². The van der Waals surface area contributed by atoms with E-state index in [9.17, 15) is 9.59 Å². The largest absolute Gasteiger partial charge is 0.489 e. The van der Waals surface area contributed by atoms with Crippen molar-refractivity contribution in [2.75, 3.05) is 26.3 Å². The van der Waals surface area contributed by atoms with E-state index in [2.05, 4.69) is 4.98 Å². The molecule has 2 aromatic carbocycles. The Morgan fingerprint density at radius 1 is 1.19 bits per heavy atom. The number of thiophene rings is 1. The predicted octanol–water partition coefficient (Wildman–Crippen LogP) is 6.65. The van der Waals surface area contributed by atoms with E-state index in [1.54, 1.807) is 35.5 Å². The Morgan fingerprint density at radius 2 is 1.98 bits per heavy atom. The summed E-state index contributed by atoms with van der Waals surface area (Å²) in [6.45, 7) is 8.65. The number of ether oxygens (including phenoxy) is 4. The van der Waals surface area contributed by atoms with Crippen LogP contribution in [0.25, 0.3) is 16.0 Å². The van der Waals surface area contributed by atoms with Gasteiger partial charge >= 0.3 is 6.09 Å². The number of primary amides is 1. The molecule has 0 saturated carbocycles. The van der Waals surface area contributed by atoms with Gasteiger partial charge in [-0.3, -0.25) is 9.36 Å². The zero-order chi connectivity index (χ0) is 30.9. The topological polar surface area (TPSA) is 118 Å². The lowest BCUT2D eigenvalue weighted by Gasteiger charge is -2.34. The summed E-state index contributed by atoms with van der Waals surface area (Å²) >= 11 is 14.1. The second-order valence-corrected chi connectivity index (χ2v) is 12.9. The first-order valence-corrected chi connectivity index (χ1v) is 15.2. The molecule has 43 heavy (non-hydrogen) atoms. The highest BCUT2D eigenvalue weighted by atomic mass is 35.5. The van der Waals surface area contributed by atoms with Crippen molar-refractivity contribution in [3.63, 3.8) is 0 Å². The zero-order valence-corrected chi connectivity index (χ0v) is 26.5. The van der Waals surface area contributed by atoms with Gasteiger partial charge < -0.3 is 29.6 Å². The molecule has 2 aromatic heterocycles. The van der Waals surface area contributed by atoms with E-state index < -0.39 is 17.6 Å². The van der Waals surface area contributed by atoms with E-state index in [1.165, 1.54) is 11.3 Å². The molecule has 5 rings (SSSR count). The fourth-order valence-electron chi connectivity index (χ4n) is 4.60. The fourth-order valence-corrected chi connectivity index (χ4v) is 6.03. The van der Waals surface area contributed by atoms with Gasteiger partial charge in [0, 0.05) is 23.2 Å². The number of carbonyl (C=O) groups is 2. The van der Waals surface area contributed by atoms with Crippen LogP contribution in [0.3, 0.4) is 0 Å². The first-order chi connectivity index (χ1) is 20.4. The smallest absolute Gasteiger partial charge is 0.410 e. The quantitative estimate of drug-likeness (QED) is 0.228. The standard InChI is InChI=1S/C30H32Cl2N4O6S/c1-17(41-24-13-25(43-27(24)28(33)37)36-16-34-21-12-18(31)8-9-22(21)36)20-6-5-7-23(26(20)32)40-15-19-14-35(10-11-39-19)29(38)42-30(2,3)4/h5-9,12-13,16-17,19H,10-11,14-15H2,1-4H3,(H2,33,37)/t17-,19-/m1/s1. The van der Waals surface area contributed by atoms with Crippen molar-refractivity contribution in [1.29, 1.82) is 0 Å². The normalized spacial score (nSPS) is 16.2. The lowest BCUT2D eigenvalue weighted by Crippen LogP contribution is -2.49. The molecule has 1 aliphatic heterocycles. The Kier molecular flexibility index (Phi) is 9.07. The second kappa shape index (κ2) is 12.6. The second-order valence-electron chi connectivity index (χ2n) is 11.0. The maximum atomic E-state index is 12.5. The molecule has 3 heterocycles. The van der Waals surface area contributed by atoms with Crippen LogP contribution in [0.15, 0.2) is 48.8 Å². The molecule has 1 aliphatic rings. The van der Waals surface area contributed by atoms with Crippen molar-refractivity contribution < 1.29 is 28.5 Å². The number of fused-ring (bicyclic) bond motifs is 1. The predicted molar refractivity (Wildman–Crippen MR) is 166 cm³/mol. The first-order valence-electron chi connectivity index (χ1n) is 13.6. The molecular weight excluding hydrogens is 615 g/mol. The number of imidazole rings is 1. The van der Waals surface area contributed by atoms with Crippen LogP contribution in [0.2, 0.25) is 10.0 Å². The Labute approximate surface area is 263 Å². The maximum absolute atomic E-state index is 12.5. The van der Waals surface area contributed by atoms with Crippen molar-refractivity contribution in [3.05, 3.63) is 69.3 Å². The highest BCUT2D eigenvalue weighted by Crippen LogP contribution is 2.39. The van der Waals surface area contributed by atoms with Crippen molar-refractivity contribution in [3.8, 4) is 16.5 Å². The van der Waals surface area contributed by atoms with Crippen LogP contribution in [-0.2, 0) is 9.47 Å². The lowest BCUT2D eigenvalue weighted by molar-refractivity contribution is -0.0557. The Morgan fingerprint density at radius 3 is 2.72 bits per heavy atom. The summed E-state index contributed by atoms with van der Waals surface area (Å²) in [6, 6.07) is 12.5. The van der Waals surface area contributed by atoms with Gasteiger partial charge in [0.2, 0.25) is 0 Å². The van der Waals surface area contributed by atoms with Gasteiger partial charge in [-0.25, -0.2) is 9.78 Å². The first kappa shape index (κ1) is 30.9. The Bertz CT molecular complexity index is 1650. The van der Waals surface area contributed by atoms with Gasteiger partial charge in [-0.2, -0.15) is 0 Å². The Hall–Kier alpha value is -3.51. The molecule has 10 nitrogen and oxygen atoms in total. The number of hydrogen-bond donors (Lipinski definition) is 1. The molecule has 0 unspecified atom stereocenters. The molecule has 228 valence electrons. The number of carbonyl (C=O) groups excluding carboxylic acids is 2. The summed E-state index contributed by atoms with van der Waals surface area (Å²) in [5, 5.41) is 1.65. The summed E-state index contributed by atoms with van der Waals surface area (Å²) < 4.78 is 25.4. The van der Waals surface area contributed by atoms with Crippen LogP contribution >= 0.6 is 34.5 Å². The number of hydrogen-bond acceptors (Lipinski definition) is 8. The van der Waals surface area contributed by atoms with E-state index in [-0.39, 0.29) is 23.7 Å². The van der Waals surface area contributed by atoms with Crippen molar-refractivity contribution in [2.24, 2.45) is 5.73 Å². The molecule has 0 bridgehead atoms. The number of amides is 2. The van der Waals surface area contributed by atoms with Crippen molar-refractivity contribution in [1.82, 2.24) is 14.5 Å². The van der Waals surface area contributed by atoms with E-state index in [0.29, 0.717) is 51.8 Å². The average molecular weight is 648 g/mol. The summed E-state index contributed by atoms with van der Waals surface area (Å²) in [7, 11) is 0. The summed E-state index contributed by atoms with van der Waals surface area (Å²) in [5.74, 6) is 0.162. The molecule has 0 radical (unpaired) electrons. The summed E-state index contributed by atoms with van der Waals surface area (Å²) in [4.78, 5) is 31.1. The highest BCUT2D eigenvalue weighted by molar-refractivity contribution is 7.16. The Balaban J connectivity index is 1.29. The monoisotopic (exact) mass is 646 g/mol. The number of aromatic nitrogens is 2. The average Bonchev–Trinajstić information content (AvgIpc) is 3.55. The minimum absolute atomic E-state index is 0.182. The van der Waals surface area contributed by atoms with Gasteiger partial charge in [0.1, 0.15) is 52.1 Å². The number of nitrogens with two attached hydrogens (primary N) is 1. The van der Waals surface area contributed by atoms with E-state index >= 15 is 0 Å². The van der Waals surface area contributed by atoms with Crippen LogP contribution in [0.5, 0.6) is 11.5 Å². The molecule has 0 spiro atoms. The molecule has 13 heteroatoms. The minimum Gasteiger partial charge on any atom is -0.489 e. The van der Waals surface area contributed by atoms with Gasteiger partial charge in [-0.15, -0.1) is 11.3 Å². The minimum atomic E-state index is -0.609. The third-order valence-electron chi connectivity index (χ3n) is 6.61. The van der Waals surface area contributed by atoms with Crippen molar-refractivity contribution in [2.45, 2.75) is 45.5 Å². The van der Waals surface area contributed by atoms with Crippen LogP contribution in [0.1, 0.15) is 49.0 Å². The van der Waals surface area contributed by atoms with Gasteiger partial charge in [0.15, 0.2) is 0 Å². The van der Waals surface area contributed by atoms with E-state index in [1.807, 2.05) is 50.5 Å². The van der Waals surface area contributed by atoms with Gasteiger partial charge in [0.05, 0.1) is 29.2 Å². The third kappa shape index (κ3) is 7.18. The number of benzene rings is 2. The molecule has 1 saturated heterocycles. The molecular formula is C30H32Cl2N4O6S. The van der Waals surface area contributed by atoms with Crippen LogP contribution in [0.4, 0.5) is 4.79 Å². The zero-order valence-electron chi connectivity index (χ0n) is 24.1. The van der Waals surface area contributed by atoms with Gasteiger partial charge in [-0.1, -0.05) is 35.3 Å². The van der Waals surface area contributed by atoms with Gasteiger partial charge in [-0.05, 0) is 52.0 Å². The third-order valence-corrected chi connectivity index (χ3v) is 8.38. The molecule has 2 N–H and O–H groups in total. The molecule has 2 atom stereocenters. The number of morpholine rings is 1. The van der Waals surface area contributed by atoms with E-state index in [0.717, 1.165) is 11.0 Å². The summed E-state index contributed by atoms with van der Waals surface area (Å²) in [6.07, 6.45) is 0.366. The fraction of sp³-hybridized carbons (Fsp3) is 0.367. The van der Waals surface area contributed by atoms with E-state index in [4.69, 9.17) is 47.9 Å². The maximum Gasteiger partial charge on any atom is 0.410 e. The lowest BCUT2D eigenvalue weighted by atomic mass is 10.1. The number of halogens is 2. The SMILES string of the molecule is C[C@@H](Oc1cc(-n2cnc3cc(Cl)ccc32)sc1C(N)=O)c1cccc(OC[C@H]2CN(C(=O)OC(C)(C)C)CCO2)c1Cl.